The molecule has 0 atom stereocenters. The van der Waals surface area contributed by atoms with Crippen molar-refractivity contribution in [3.05, 3.63) is 36.7 Å². The third-order valence-electron chi connectivity index (χ3n) is 2.71. The first kappa shape index (κ1) is 15.3. The maximum Gasteiger partial charge on any atom is 0.265 e. The molecule has 3 N–H and O–H groups in total. The minimum Gasteiger partial charge on any atom is -0.492 e. The van der Waals surface area contributed by atoms with Crippen LogP contribution in [0.4, 0.5) is 5.69 Å². The molecule has 0 fully saturated rings. The SMILES string of the molecule is CCOc1ccccc1NS(=O)(=O)c1cnn(CCN)c1. The van der Waals surface area contributed by atoms with Crippen molar-refractivity contribution < 1.29 is 13.2 Å². The van der Waals surface area contributed by atoms with Crippen molar-refractivity contribution in [2.45, 2.75) is 18.4 Å². The normalized spacial score (nSPS) is 11.3. The fourth-order valence-corrected chi connectivity index (χ4v) is 2.80. The van der Waals surface area contributed by atoms with Gasteiger partial charge in [-0.3, -0.25) is 9.40 Å². The number of benzene rings is 1. The summed E-state index contributed by atoms with van der Waals surface area (Å²) in [5, 5.41) is 3.96. The Balaban J connectivity index is 2.24. The van der Waals surface area contributed by atoms with Crippen molar-refractivity contribution >= 4 is 15.7 Å². The third-order valence-corrected chi connectivity index (χ3v) is 4.03. The first-order valence-electron chi connectivity index (χ1n) is 6.54. The third kappa shape index (κ3) is 3.73. The van der Waals surface area contributed by atoms with E-state index in [9.17, 15) is 8.42 Å². The van der Waals surface area contributed by atoms with E-state index in [0.29, 0.717) is 31.1 Å². The first-order chi connectivity index (χ1) is 10.1. The van der Waals surface area contributed by atoms with Gasteiger partial charge in [0.05, 0.1) is 25.0 Å². The van der Waals surface area contributed by atoms with Gasteiger partial charge in [-0.15, -0.1) is 0 Å². The number of anilines is 1. The molecular formula is C13H18N4O3S. The second kappa shape index (κ2) is 6.59. The zero-order valence-corrected chi connectivity index (χ0v) is 12.5. The van der Waals surface area contributed by atoms with E-state index in [1.165, 1.54) is 17.1 Å². The summed E-state index contributed by atoms with van der Waals surface area (Å²) in [6, 6.07) is 6.87. The fraction of sp³-hybridized carbons (Fsp3) is 0.308. The zero-order chi connectivity index (χ0) is 15.3. The average molecular weight is 310 g/mol. The number of sulfonamides is 1. The van der Waals surface area contributed by atoms with Gasteiger partial charge < -0.3 is 10.5 Å². The average Bonchev–Trinajstić information content (AvgIpc) is 2.91. The molecule has 1 heterocycles. The van der Waals surface area contributed by atoms with Crippen molar-refractivity contribution in [1.29, 1.82) is 0 Å². The summed E-state index contributed by atoms with van der Waals surface area (Å²) in [6.45, 7) is 3.14. The summed E-state index contributed by atoms with van der Waals surface area (Å²) >= 11 is 0. The number of para-hydroxylation sites is 2. The van der Waals surface area contributed by atoms with Gasteiger partial charge >= 0.3 is 0 Å². The second-order valence-corrected chi connectivity index (χ2v) is 5.94. The van der Waals surface area contributed by atoms with Gasteiger partial charge in [0, 0.05) is 12.7 Å². The monoisotopic (exact) mass is 310 g/mol. The van der Waals surface area contributed by atoms with Crippen molar-refractivity contribution in [2.75, 3.05) is 17.9 Å². The van der Waals surface area contributed by atoms with Gasteiger partial charge in [-0.1, -0.05) is 12.1 Å². The number of hydrogen-bond donors (Lipinski definition) is 2. The molecule has 0 aliphatic rings. The van der Waals surface area contributed by atoms with Crippen molar-refractivity contribution in [2.24, 2.45) is 5.73 Å². The molecule has 0 saturated heterocycles. The van der Waals surface area contributed by atoms with Crippen LogP contribution >= 0.6 is 0 Å². The topological polar surface area (TPSA) is 99.2 Å². The Labute approximate surface area is 123 Å². The quantitative estimate of drug-likeness (QED) is 0.796. The molecule has 8 heteroatoms. The standard InChI is InChI=1S/C13H18N4O3S/c1-2-20-13-6-4-3-5-12(13)16-21(18,19)11-9-15-17(10-11)8-7-14/h3-6,9-10,16H,2,7-8,14H2,1H3. The lowest BCUT2D eigenvalue weighted by atomic mass is 10.3. The van der Waals surface area contributed by atoms with Gasteiger partial charge in [0.2, 0.25) is 0 Å². The molecule has 21 heavy (non-hydrogen) atoms. The molecule has 0 aliphatic heterocycles. The van der Waals surface area contributed by atoms with Gasteiger partial charge in [0.15, 0.2) is 0 Å². The lowest BCUT2D eigenvalue weighted by molar-refractivity contribution is 0.342. The predicted octanol–water partition coefficient (Wildman–Crippen LogP) is 1.04. The van der Waals surface area contributed by atoms with Gasteiger partial charge in [-0.05, 0) is 19.1 Å². The van der Waals surface area contributed by atoms with Crippen LogP contribution in [0.1, 0.15) is 6.92 Å². The summed E-state index contributed by atoms with van der Waals surface area (Å²) in [4.78, 5) is 0.0854. The Hall–Kier alpha value is -2.06. The Kier molecular flexibility index (Phi) is 4.81. The highest BCUT2D eigenvalue weighted by atomic mass is 32.2. The van der Waals surface area contributed by atoms with Crippen LogP contribution in [-0.4, -0.2) is 31.3 Å². The van der Waals surface area contributed by atoms with E-state index in [4.69, 9.17) is 10.5 Å². The van der Waals surface area contributed by atoms with Crippen LogP contribution < -0.4 is 15.2 Å². The van der Waals surface area contributed by atoms with Crippen LogP contribution in [0.25, 0.3) is 0 Å². The summed E-state index contributed by atoms with van der Waals surface area (Å²) in [5.41, 5.74) is 5.81. The molecule has 1 aromatic heterocycles. The number of ether oxygens (including phenoxy) is 1. The van der Waals surface area contributed by atoms with Crippen molar-refractivity contribution in [3.63, 3.8) is 0 Å². The van der Waals surface area contributed by atoms with Crippen LogP contribution in [0, 0.1) is 0 Å². The van der Waals surface area contributed by atoms with E-state index in [1.54, 1.807) is 24.3 Å². The van der Waals surface area contributed by atoms with E-state index in [1.807, 2.05) is 6.92 Å². The molecule has 0 spiro atoms. The van der Waals surface area contributed by atoms with E-state index in [2.05, 4.69) is 9.82 Å². The molecule has 2 aromatic rings. The van der Waals surface area contributed by atoms with Crippen LogP contribution in [0.3, 0.4) is 0 Å². The Morgan fingerprint density at radius 1 is 1.38 bits per heavy atom. The molecule has 0 unspecified atom stereocenters. The van der Waals surface area contributed by atoms with E-state index in [0.717, 1.165) is 0 Å². The van der Waals surface area contributed by atoms with Crippen LogP contribution in [0.15, 0.2) is 41.6 Å². The molecule has 114 valence electrons. The smallest absolute Gasteiger partial charge is 0.265 e. The molecule has 2 rings (SSSR count). The first-order valence-corrected chi connectivity index (χ1v) is 8.02. The van der Waals surface area contributed by atoms with E-state index in [-0.39, 0.29) is 4.90 Å². The maximum atomic E-state index is 12.3. The molecule has 0 aliphatic carbocycles. The highest BCUT2D eigenvalue weighted by molar-refractivity contribution is 7.92. The minimum atomic E-state index is -3.71. The maximum absolute atomic E-state index is 12.3. The largest absolute Gasteiger partial charge is 0.492 e. The number of aromatic nitrogens is 2. The Bertz CT molecular complexity index is 697. The fourth-order valence-electron chi connectivity index (χ4n) is 1.77. The molecule has 7 nitrogen and oxygen atoms in total. The van der Waals surface area contributed by atoms with E-state index < -0.39 is 10.0 Å². The molecule has 0 saturated carbocycles. The van der Waals surface area contributed by atoms with E-state index >= 15 is 0 Å². The van der Waals surface area contributed by atoms with Crippen LogP contribution in [0.2, 0.25) is 0 Å². The van der Waals surface area contributed by atoms with Gasteiger partial charge in [-0.2, -0.15) is 5.10 Å². The number of hydrogen-bond acceptors (Lipinski definition) is 5. The summed E-state index contributed by atoms with van der Waals surface area (Å²) in [6.07, 6.45) is 2.74. The highest BCUT2D eigenvalue weighted by Gasteiger charge is 2.18. The summed E-state index contributed by atoms with van der Waals surface area (Å²) < 4.78 is 34.0. The number of nitrogens with zero attached hydrogens (tertiary/aromatic N) is 2. The van der Waals surface area contributed by atoms with Crippen LogP contribution in [-0.2, 0) is 16.6 Å². The highest BCUT2D eigenvalue weighted by Crippen LogP contribution is 2.26. The van der Waals surface area contributed by atoms with Gasteiger partial charge in [-0.25, -0.2) is 8.42 Å². The van der Waals surface area contributed by atoms with Crippen molar-refractivity contribution in [3.8, 4) is 5.75 Å². The molecule has 0 amide bonds. The number of rotatable bonds is 7. The lowest BCUT2D eigenvalue weighted by Gasteiger charge is -2.11. The predicted molar refractivity (Wildman–Crippen MR) is 79.7 cm³/mol. The molecule has 0 radical (unpaired) electrons. The Morgan fingerprint density at radius 3 is 2.86 bits per heavy atom. The van der Waals surface area contributed by atoms with Crippen molar-refractivity contribution in [1.82, 2.24) is 9.78 Å². The van der Waals surface area contributed by atoms with Gasteiger partial charge in [0.25, 0.3) is 10.0 Å². The second-order valence-electron chi connectivity index (χ2n) is 4.26. The van der Waals surface area contributed by atoms with Crippen LogP contribution in [0.5, 0.6) is 5.75 Å². The number of nitrogens with two attached hydrogens (primary N) is 1. The summed E-state index contributed by atoms with van der Waals surface area (Å²) in [5.74, 6) is 0.484. The minimum absolute atomic E-state index is 0.0854. The number of nitrogens with one attached hydrogen (secondary N) is 1. The summed E-state index contributed by atoms with van der Waals surface area (Å²) in [7, 11) is -3.71. The lowest BCUT2D eigenvalue weighted by Crippen LogP contribution is -2.14. The molecular weight excluding hydrogens is 292 g/mol. The van der Waals surface area contributed by atoms with Gasteiger partial charge in [0.1, 0.15) is 10.6 Å². The Morgan fingerprint density at radius 2 is 2.14 bits per heavy atom. The molecule has 0 bridgehead atoms. The molecule has 1 aromatic carbocycles. The zero-order valence-electron chi connectivity index (χ0n) is 11.7.